The lowest BCUT2D eigenvalue weighted by Crippen LogP contribution is -2.71. The van der Waals surface area contributed by atoms with Gasteiger partial charge in [-0.2, -0.15) is 10.3 Å². The van der Waals surface area contributed by atoms with E-state index in [1.807, 2.05) is 6.07 Å². The van der Waals surface area contributed by atoms with E-state index in [1.165, 1.54) is 18.7 Å². The van der Waals surface area contributed by atoms with Gasteiger partial charge in [-0.3, -0.25) is 9.80 Å². The molecule has 1 aliphatic rings. The summed E-state index contributed by atoms with van der Waals surface area (Å²) in [5.74, 6) is -3.93. The smallest absolute Gasteiger partial charge is 0.340 e. The molecule has 0 aromatic heterocycles. The maximum absolute atomic E-state index is 13.1. The fourth-order valence-electron chi connectivity index (χ4n) is 3.48. The highest BCUT2D eigenvalue weighted by Crippen LogP contribution is 2.31. The predicted octanol–water partition coefficient (Wildman–Crippen LogP) is 0.849. The zero-order valence-electron chi connectivity index (χ0n) is 18.1. The van der Waals surface area contributed by atoms with Crippen molar-refractivity contribution in [3.8, 4) is 6.07 Å². The lowest BCUT2D eigenvalue weighted by Gasteiger charge is -2.48. The Morgan fingerprint density at radius 2 is 1.90 bits per heavy atom. The third kappa shape index (κ3) is 5.18. The van der Waals surface area contributed by atoms with Crippen LogP contribution in [0.25, 0.3) is 0 Å². The molecule has 0 spiro atoms. The molecule has 1 atom stereocenters. The largest absolute Gasteiger partial charge is 0.479 e. The fraction of sp³-hybridized carbons (Fsp3) is 0.737. The number of carbonyl (C=O) groups excluding carboxylic acids is 3. The Morgan fingerprint density at radius 1 is 1.27 bits per heavy atom. The molecule has 1 aliphatic heterocycles. The normalized spacial score (nSPS) is 16.4. The number of hydrogen-bond acceptors (Lipinski definition) is 8. The molecule has 1 saturated heterocycles. The van der Waals surface area contributed by atoms with E-state index in [-0.39, 0.29) is 38.7 Å². The molecule has 0 radical (unpaired) electrons. The average Bonchev–Trinajstić information content (AvgIpc) is 2.65. The van der Waals surface area contributed by atoms with Crippen LogP contribution in [-0.4, -0.2) is 88.9 Å². The summed E-state index contributed by atoms with van der Waals surface area (Å²) in [7, 11) is 1.07. The molecule has 168 valence electrons. The van der Waals surface area contributed by atoms with Gasteiger partial charge in [0.05, 0.1) is 19.3 Å². The first-order valence-electron chi connectivity index (χ1n) is 9.76. The Kier molecular flexibility index (Phi) is 9.04. The number of urea groups is 1. The Balaban J connectivity index is 3.36. The molecule has 0 saturated carbocycles. The Morgan fingerprint density at radius 3 is 2.37 bits per heavy atom. The summed E-state index contributed by atoms with van der Waals surface area (Å²) in [6.07, 6.45) is -0.0445. The van der Waals surface area contributed by atoms with Crippen LogP contribution in [0, 0.1) is 17.2 Å². The number of aliphatic carboxylic acids is 1. The Bertz CT molecular complexity index is 703. The minimum absolute atomic E-state index is 0.124. The second kappa shape index (κ2) is 10.8. The summed E-state index contributed by atoms with van der Waals surface area (Å²) in [4.78, 5) is 51.4. The van der Waals surface area contributed by atoms with Crippen LogP contribution >= 0.6 is 0 Å². The lowest BCUT2D eigenvalue weighted by atomic mass is 9.85. The number of rotatable bonds is 10. The maximum atomic E-state index is 13.1. The molecule has 30 heavy (non-hydrogen) atoms. The number of nitriles is 1. The molecule has 1 fully saturated rings. The van der Waals surface area contributed by atoms with Gasteiger partial charge in [0.15, 0.2) is 0 Å². The molecule has 0 aromatic carbocycles. The second-order valence-corrected chi connectivity index (χ2v) is 7.47. The molecule has 11 nitrogen and oxygen atoms in total. The third-order valence-electron chi connectivity index (χ3n) is 4.77. The van der Waals surface area contributed by atoms with Gasteiger partial charge in [0.25, 0.3) is 0 Å². The van der Waals surface area contributed by atoms with Gasteiger partial charge in [-0.1, -0.05) is 13.8 Å². The highest BCUT2D eigenvalue weighted by atomic mass is 16.5. The summed E-state index contributed by atoms with van der Waals surface area (Å²) >= 11 is 0. The monoisotopic (exact) mass is 426 g/mol. The molecule has 0 unspecified atom stereocenters. The molecule has 0 bridgehead atoms. The van der Waals surface area contributed by atoms with Crippen molar-refractivity contribution < 1.29 is 33.8 Å². The number of carboxylic acid groups (broad SMARTS) is 1. The van der Waals surface area contributed by atoms with Crippen molar-refractivity contribution in [1.82, 2.24) is 14.9 Å². The van der Waals surface area contributed by atoms with Crippen LogP contribution in [0.1, 0.15) is 40.5 Å². The van der Waals surface area contributed by atoms with E-state index < -0.39 is 35.4 Å². The molecular formula is C19H30N4O7. The van der Waals surface area contributed by atoms with E-state index in [1.54, 1.807) is 13.8 Å². The lowest BCUT2D eigenvalue weighted by molar-refractivity contribution is -0.192. The fourth-order valence-corrected chi connectivity index (χ4v) is 3.48. The quantitative estimate of drug-likeness (QED) is 0.397. The van der Waals surface area contributed by atoms with E-state index in [4.69, 9.17) is 14.7 Å². The first-order chi connectivity index (χ1) is 14.0. The third-order valence-corrected chi connectivity index (χ3v) is 4.77. The van der Waals surface area contributed by atoms with Gasteiger partial charge in [-0.05, 0) is 26.2 Å². The molecule has 0 aromatic rings. The summed E-state index contributed by atoms with van der Waals surface area (Å²) in [6.45, 7) is 6.32. The van der Waals surface area contributed by atoms with Gasteiger partial charge in [0, 0.05) is 26.1 Å². The Hall–Kier alpha value is -2.87. The number of hydrogen-bond donors (Lipinski definition) is 1. The summed E-state index contributed by atoms with van der Waals surface area (Å²) in [6, 6.07) is 1.27. The van der Waals surface area contributed by atoms with E-state index in [2.05, 4.69) is 0 Å². The van der Waals surface area contributed by atoms with Crippen LogP contribution in [0.5, 0.6) is 0 Å². The predicted molar refractivity (Wildman–Crippen MR) is 104 cm³/mol. The van der Waals surface area contributed by atoms with Crippen molar-refractivity contribution in [1.29, 1.82) is 5.26 Å². The number of amides is 2. The number of methoxy groups -OCH3 is 1. The zero-order valence-corrected chi connectivity index (χ0v) is 18.1. The van der Waals surface area contributed by atoms with E-state index >= 15 is 0 Å². The van der Waals surface area contributed by atoms with Crippen LogP contribution in [0.3, 0.4) is 0 Å². The average molecular weight is 426 g/mol. The van der Waals surface area contributed by atoms with Crippen LogP contribution in [0.2, 0.25) is 0 Å². The van der Waals surface area contributed by atoms with Gasteiger partial charge in [-0.25, -0.2) is 14.4 Å². The minimum Gasteiger partial charge on any atom is -0.479 e. The molecule has 2 amide bonds. The molecule has 1 rings (SSSR count). The number of esters is 2. The molecule has 11 heteroatoms. The van der Waals surface area contributed by atoms with E-state index in [9.17, 15) is 24.3 Å². The molecule has 0 aliphatic carbocycles. The summed E-state index contributed by atoms with van der Waals surface area (Å²) < 4.78 is 9.88. The standard InChI is InChI=1S/C19H30N4O7/c1-13(2)19(16(25)26,17(27)29-5)23(11-6-8-20)22-10-7-9-21(18(22)28)12-15(24)30-14(3)4/h13-14H,6-7,9-12H2,1-5H3,(H,25,26)/t19-/m0/s1. The summed E-state index contributed by atoms with van der Waals surface area (Å²) in [5, 5.41) is 21.3. The topological polar surface area (TPSA) is 140 Å². The Labute approximate surface area is 176 Å². The van der Waals surface area contributed by atoms with Crippen molar-refractivity contribution in [3.63, 3.8) is 0 Å². The SMILES string of the molecule is COC(=O)[C@@](C(=O)O)(C(C)C)N(CCC#N)N1CCCN(CC(=O)OC(C)C)C1=O. The van der Waals surface area contributed by atoms with E-state index in [0.717, 1.165) is 17.1 Å². The van der Waals surface area contributed by atoms with Gasteiger partial charge >= 0.3 is 23.9 Å². The first kappa shape index (κ1) is 25.2. The van der Waals surface area contributed by atoms with Gasteiger partial charge in [-0.15, -0.1) is 0 Å². The highest BCUT2D eigenvalue weighted by molar-refractivity contribution is 6.04. The minimum atomic E-state index is -2.22. The number of carboxylic acids is 1. The second-order valence-electron chi connectivity index (χ2n) is 7.47. The molecule has 1 N–H and O–H groups in total. The molecular weight excluding hydrogens is 396 g/mol. The zero-order chi connectivity index (χ0) is 23.1. The first-order valence-corrected chi connectivity index (χ1v) is 9.76. The van der Waals surface area contributed by atoms with Crippen molar-refractivity contribution in [3.05, 3.63) is 0 Å². The van der Waals surface area contributed by atoms with Crippen molar-refractivity contribution in [2.24, 2.45) is 5.92 Å². The van der Waals surface area contributed by atoms with Crippen LogP contribution in [0.4, 0.5) is 4.79 Å². The van der Waals surface area contributed by atoms with Gasteiger partial charge in [0.1, 0.15) is 6.54 Å². The highest BCUT2D eigenvalue weighted by Gasteiger charge is 2.58. The van der Waals surface area contributed by atoms with Crippen molar-refractivity contribution in [2.45, 2.75) is 52.2 Å². The maximum Gasteiger partial charge on any atom is 0.340 e. The van der Waals surface area contributed by atoms with Crippen LogP contribution in [-0.2, 0) is 23.9 Å². The number of carbonyl (C=O) groups is 4. The van der Waals surface area contributed by atoms with Gasteiger partial charge in [0.2, 0.25) is 5.54 Å². The number of nitrogens with zero attached hydrogens (tertiary/aromatic N) is 4. The van der Waals surface area contributed by atoms with Crippen molar-refractivity contribution in [2.75, 3.05) is 33.3 Å². The van der Waals surface area contributed by atoms with Crippen LogP contribution in [0.15, 0.2) is 0 Å². The number of hydrazine groups is 1. The van der Waals surface area contributed by atoms with Gasteiger partial charge < -0.3 is 19.5 Å². The summed E-state index contributed by atoms with van der Waals surface area (Å²) in [5.41, 5.74) is -2.22. The van der Waals surface area contributed by atoms with Crippen molar-refractivity contribution >= 4 is 23.9 Å². The van der Waals surface area contributed by atoms with E-state index in [0.29, 0.717) is 6.42 Å². The molecule has 1 heterocycles. The van der Waals surface area contributed by atoms with Crippen LogP contribution < -0.4 is 0 Å². The number of ether oxygens (including phenoxy) is 2.